The minimum absolute atomic E-state index is 0.00750. The van der Waals surface area contributed by atoms with Crippen molar-refractivity contribution in [3.8, 4) is 0 Å². The maximum atomic E-state index is 10.6. The van der Waals surface area contributed by atoms with Crippen LogP contribution in [0.25, 0.3) is 0 Å². The maximum absolute atomic E-state index is 10.6. The van der Waals surface area contributed by atoms with Gasteiger partial charge in [0.1, 0.15) is 5.15 Å². The summed E-state index contributed by atoms with van der Waals surface area (Å²) >= 11 is 6.99. The molecule has 0 unspecified atom stereocenters. The molecular formula is C8H9ClN2O2S. The van der Waals surface area contributed by atoms with Crippen LogP contribution in [-0.2, 0) is 0 Å². The number of aromatic nitrogens is 1. The first-order valence-electron chi connectivity index (χ1n) is 3.98. The summed E-state index contributed by atoms with van der Waals surface area (Å²) in [6, 6.07) is 2.80. The normalized spacial score (nSPS) is 10.6. The summed E-state index contributed by atoms with van der Waals surface area (Å²) in [6.45, 7) is 3.88. The average Bonchev–Trinajstić information content (AvgIpc) is 2.01. The predicted molar refractivity (Wildman–Crippen MR) is 56.9 cm³/mol. The zero-order chi connectivity index (χ0) is 10.7. The molecule has 1 rings (SSSR count). The summed E-state index contributed by atoms with van der Waals surface area (Å²) in [5.41, 5.74) is 0.00750. The van der Waals surface area contributed by atoms with Crippen LogP contribution in [0.15, 0.2) is 17.2 Å². The van der Waals surface area contributed by atoms with E-state index in [4.69, 9.17) is 11.6 Å². The maximum Gasteiger partial charge on any atom is 0.301 e. The first-order valence-corrected chi connectivity index (χ1v) is 5.24. The van der Waals surface area contributed by atoms with E-state index >= 15 is 0 Å². The quantitative estimate of drug-likeness (QED) is 0.348. The van der Waals surface area contributed by atoms with Crippen LogP contribution in [0, 0.1) is 10.1 Å². The molecule has 0 saturated heterocycles. The Balaban J connectivity index is 3.09. The number of rotatable bonds is 3. The monoisotopic (exact) mass is 232 g/mol. The number of nitro groups is 1. The van der Waals surface area contributed by atoms with Gasteiger partial charge in [-0.15, -0.1) is 0 Å². The molecule has 0 saturated carbocycles. The lowest BCUT2D eigenvalue weighted by Crippen LogP contribution is -1.96. The zero-order valence-corrected chi connectivity index (χ0v) is 9.30. The van der Waals surface area contributed by atoms with E-state index in [0.717, 1.165) is 0 Å². The Hall–Kier alpha value is -0.810. The van der Waals surface area contributed by atoms with Gasteiger partial charge in [-0.05, 0) is 6.07 Å². The first-order chi connectivity index (χ1) is 6.50. The van der Waals surface area contributed by atoms with Crippen LogP contribution < -0.4 is 0 Å². The lowest BCUT2D eigenvalue weighted by Gasteiger charge is -2.04. The van der Waals surface area contributed by atoms with Gasteiger partial charge in [0, 0.05) is 11.3 Å². The third kappa shape index (κ3) is 2.85. The Labute approximate surface area is 90.8 Å². The van der Waals surface area contributed by atoms with Gasteiger partial charge in [0.2, 0.25) is 0 Å². The number of hydrogen-bond acceptors (Lipinski definition) is 4. The fourth-order valence-electron chi connectivity index (χ4n) is 0.859. The average molecular weight is 233 g/mol. The van der Waals surface area contributed by atoms with Gasteiger partial charge in [-0.1, -0.05) is 37.2 Å². The molecule has 1 aromatic rings. The number of thioether (sulfide) groups is 1. The van der Waals surface area contributed by atoms with Crippen LogP contribution in [0.5, 0.6) is 0 Å². The summed E-state index contributed by atoms with van der Waals surface area (Å²) < 4.78 is 0. The minimum atomic E-state index is -0.450. The molecule has 0 N–H and O–H groups in total. The molecule has 0 spiro atoms. The van der Waals surface area contributed by atoms with E-state index in [1.165, 1.54) is 23.9 Å². The summed E-state index contributed by atoms with van der Waals surface area (Å²) in [4.78, 5) is 14.1. The Morgan fingerprint density at radius 3 is 2.71 bits per heavy atom. The van der Waals surface area contributed by atoms with Crippen LogP contribution in [0.4, 0.5) is 5.69 Å². The molecular weight excluding hydrogens is 224 g/mol. The molecule has 6 heteroatoms. The van der Waals surface area contributed by atoms with Crippen molar-refractivity contribution in [3.05, 3.63) is 27.4 Å². The number of nitrogens with zero attached hydrogens (tertiary/aromatic N) is 2. The largest absolute Gasteiger partial charge is 0.301 e. The Bertz CT molecular complexity index is 357. The van der Waals surface area contributed by atoms with E-state index < -0.39 is 4.92 Å². The topological polar surface area (TPSA) is 56.0 Å². The van der Waals surface area contributed by atoms with Gasteiger partial charge in [-0.2, -0.15) is 0 Å². The summed E-state index contributed by atoms with van der Waals surface area (Å²) in [5.74, 6) is 0. The van der Waals surface area contributed by atoms with Crippen molar-refractivity contribution >= 4 is 29.1 Å². The Morgan fingerprint density at radius 2 is 2.21 bits per heavy atom. The van der Waals surface area contributed by atoms with E-state index in [2.05, 4.69) is 4.98 Å². The van der Waals surface area contributed by atoms with Gasteiger partial charge in [-0.25, -0.2) is 4.98 Å². The predicted octanol–water partition coefficient (Wildman–Crippen LogP) is 3.14. The zero-order valence-electron chi connectivity index (χ0n) is 7.73. The van der Waals surface area contributed by atoms with Crippen LogP contribution in [-0.4, -0.2) is 15.2 Å². The highest BCUT2D eigenvalue weighted by Crippen LogP contribution is 2.30. The molecule has 0 atom stereocenters. The highest BCUT2D eigenvalue weighted by Gasteiger charge is 2.16. The van der Waals surface area contributed by atoms with E-state index in [1.54, 1.807) is 0 Å². The van der Waals surface area contributed by atoms with Gasteiger partial charge in [0.25, 0.3) is 0 Å². The molecule has 4 nitrogen and oxygen atoms in total. The Morgan fingerprint density at radius 1 is 1.57 bits per heavy atom. The highest BCUT2D eigenvalue weighted by atomic mass is 35.5. The van der Waals surface area contributed by atoms with Gasteiger partial charge in [0.15, 0.2) is 5.03 Å². The standard InChI is InChI=1S/C8H9ClN2O2S/c1-5(2)14-8-6(11(12)13)3-4-7(9)10-8/h3-5H,1-2H3. The molecule has 0 radical (unpaired) electrons. The van der Waals surface area contributed by atoms with Crippen molar-refractivity contribution in [2.24, 2.45) is 0 Å². The van der Waals surface area contributed by atoms with E-state index in [0.29, 0.717) is 5.03 Å². The molecule has 0 aliphatic heterocycles. The number of hydrogen-bond donors (Lipinski definition) is 0. The SMILES string of the molecule is CC(C)Sc1nc(Cl)ccc1[N+](=O)[O-]. The van der Waals surface area contributed by atoms with Crippen LogP contribution in [0.1, 0.15) is 13.8 Å². The van der Waals surface area contributed by atoms with Gasteiger partial charge >= 0.3 is 5.69 Å². The van der Waals surface area contributed by atoms with E-state index in [-0.39, 0.29) is 16.1 Å². The van der Waals surface area contributed by atoms with Crippen LogP contribution in [0.2, 0.25) is 5.15 Å². The number of halogens is 1. The smallest absolute Gasteiger partial charge is 0.258 e. The van der Waals surface area contributed by atoms with Crippen molar-refractivity contribution < 1.29 is 4.92 Å². The third-order valence-corrected chi connectivity index (χ3v) is 2.56. The second-order valence-corrected chi connectivity index (χ2v) is 4.83. The molecule has 0 bridgehead atoms. The van der Waals surface area contributed by atoms with Crippen molar-refractivity contribution in [2.75, 3.05) is 0 Å². The summed E-state index contributed by atoms with van der Waals surface area (Å²) in [6.07, 6.45) is 0. The Kier molecular flexibility index (Phi) is 3.71. The molecule has 1 aromatic heterocycles. The molecule has 0 aliphatic carbocycles. The lowest BCUT2D eigenvalue weighted by molar-refractivity contribution is -0.388. The molecule has 14 heavy (non-hydrogen) atoms. The molecule has 0 amide bonds. The van der Waals surface area contributed by atoms with Gasteiger partial charge in [-0.3, -0.25) is 10.1 Å². The highest BCUT2D eigenvalue weighted by molar-refractivity contribution is 7.99. The second kappa shape index (κ2) is 4.61. The number of pyridine rings is 1. The van der Waals surface area contributed by atoms with Crippen molar-refractivity contribution in [3.63, 3.8) is 0 Å². The third-order valence-electron chi connectivity index (χ3n) is 1.35. The van der Waals surface area contributed by atoms with Gasteiger partial charge < -0.3 is 0 Å². The first kappa shape index (κ1) is 11.3. The summed E-state index contributed by atoms with van der Waals surface area (Å²) in [5, 5.41) is 11.5. The van der Waals surface area contributed by atoms with E-state index in [1.807, 2.05) is 13.8 Å². The lowest BCUT2D eigenvalue weighted by atomic mass is 10.4. The van der Waals surface area contributed by atoms with Crippen molar-refractivity contribution in [1.29, 1.82) is 0 Å². The molecule has 1 heterocycles. The second-order valence-electron chi connectivity index (χ2n) is 2.88. The fourth-order valence-corrected chi connectivity index (χ4v) is 1.92. The van der Waals surface area contributed by atoms with E-state index in [9.17, 15) is 10.1 Å². The molecule has 0 aliphatic rings. The van der Waals surface area contributed by atoms with Crippen LogP contribution in [0.3, 0.4) is 0 Å². The minimum Gasteiger partial charge on any atom is -0.258 e. The van der Waals surface area contributed by atoms with Crippen molar-refractivity contribution in [2.45, 2.75) is 24.1 Å². The van der Waals surface area contributed by atoms with Crippen molar-refractivity contribution in [1.82, 2.24) is 4.98 Å². The molecule has 0 fully saturated rings. The van der Waals surface area contributed by atoms with Gasteiger partial charge in [0.05, 0.1) is 4.92 Å². The summed E-state index contributed by atoms with van der Waals surface area (Å²) in [7, 11) is 0. The van der Waals surface area contributed by atoms with Crippen LogP contribution >= 0.6 is 23.4 Å². The fraction of sp³-hybridized carbons (Fsp3) is 0.375. The molecule has 76 valence electrons. The molecule has 0 aromatic carbocycles.